The lowest BCUT2D eigenvalue weighted by Gasteiger charge is -2.25. The Hall–Kier alpha value is -1.90. The molecule has 0 bridgehead atoms. The average molecular weight is 291 g/mol. The lowest BCUT2D eigenvalue weighted by molar-refractivity contribution is -0.384. The highest BCUT2D eigenvalue weighted by Gasteiger charge is 2.36. The molecule has 1 N–H and O–H groups in total. The van der Waals surface area contributed by atoms with E-state index >= 15 is 0 Å². The van der Waals surface area contributed by atoms with Crippen molar-refractivity contribution < 1.29 is 22.8 Å². The van der Waals surface area contributed by atoms with Crippen molar-refractivity contribution in [2.45, 2.75) is 25.1 Å². The fourth-order valence-electron chi connectivity index (χ4n) is 1.94. The molecule has 0 radical (unpaired) electrons. The minimum Gasteiger partial charge on any atom is -0.379 e. The first-order chi connectivity index (χ1) is 9.21. The second-order valence-corrected chi connectivity index (χ2v) is 4.83. The van der Waals surface area contributed by atoms with Gasteiger partial charge in [-0.15, -0.1) is 0 Å². The van der Waals surface area contributed by atoms with Crippen LogP contribution in [0.1, 0.15) is 19.0 Å². The Bertz CT molecular complexity index is 527. The van der Waals surface area contributed by atoms with E-state index in [2.05, 4.69) is 10.3 Å². The van der Waals surface area contributed by atoms with Gasteiger partial charge in [0.1, 0.15) is 17.6 Å². The van der Waals surface area contributed by atoms with Crippen LogP contribution in [-0.2, 0) is 10.9 Å². The van der Waals surface area contributed by atoms with E-state index in [9.17, 15) is 23.3 Å². The van der Waals surface area contributed by atoms with Crippen LogP contribution in [0.5, 0.6) is 0 Å². The van der Waals surface area contributed by atoms with Crippen molar-refractivity contribution in [2.75, 3.05) is 18.5 Å². The molecule has 1 saturated heterocycles. The highest BCUT2D eigenvalue weighted by molar-refractivity contribution is 5.62. The molecule has 0 spiro atoms. The second kappa shape index (κ2) is 4.89. The number of alkyl halides is 3. The Balaban J connectivity index is 2.39. The molecule has 6 nitrogen and oxygen atoms in total. The first-order valence-corrected chi connectivity index (χ1v) is 5.79. The van der Waals surface area contributed by atoms with Crippen LogP contribution in [-0.4, -0.2) is 28.7 Å². The number of rotatable bonds is 3. The lowest BCUT2D eigenvalue weighted by Crippen LogP contribution is -2.35. The van der Waals surface area contributed by atoms with Crippen LogP contribution in [0.25, 0.3) is 0 Å². The minimum atomic E-state index is -4.65. The maximum atomic E-state index is 12.6. The van der Waals surface area contributed by atoms with E-state index < -0.39 is 28.0 Å². The highest BCUT2D eigenvalue weighted by Crippen LogP contribution is 2.35. The first-order valence-electron chi connectivity index (χ1n) is 5.79. The summed E-state index contributed by atoms with van der Waals surface area (Å²) < 4.78 is 43.0. The average Bonchev–Trinajstić information content (AvgIpc) is 2.74. The number of pyridine rings is 1. The maximum Gasteiger partial charge on any atom is 0.433 e. The van der Waals surface area contributed by atoms with Gasteiger partial charge in [0.05, 0.1) is 17.1 Å². The molecule has 1 aromatic heterocycles. The number of anilines is 1. The third-order valence-electron chi connectivity index (χ3n) is 3.03. The van der Waals surface area contributed by atoms with Crippen LogP contribution >= 0.6 is 0 Å². The van der Waals surface area contributed by atoms with Crippen molar-refractivity contribution in [2.24, 2.45) is 0 Å². The van der Waals surface area contributed by atoms with Crippen molar-refractivity contribution >= 4 is 11.4 Å². The molecule has 1 fully saturated rings. The van der Waals surface area contributed by atoms with Crippen LogP contribution in [0, 0.1) is 10.1 Å². The number of nitro groups is 1. The number of hydrogen-bond donors (Lipinski definition) is 1. The molecule has 20 heavy (non-hydrogen) atoms. The van der Waals surface area contributed by atoms with Crippen LogP contribution < -0.4 is 5.32 Å². The molecule has 110 valence electrons. The summed E-state index contributed by atoms with van der Waals surface area (Å²) in [7, 11) is 0. The summed E-state index contributed by atoms with van der Waals surface area (Å²) in [5.74, 6) is 0. The van der Waals surface area contributed by atoms with Crippen molar-refractivity contribution in [1.29, 1.82) is 0 Å². The molecule has 1 unspecified atom stereocenters. The third kappa shape index (κ3) is 2.98. The molecule has 0 saturated carbocycles. The normalized spacial score (nSPS) is 22.8. The van der Waals surface area contributed by atoms with Gasteiger partial charge in [-0.3, -0.25) is 10.1 Å². The van der Waals surface area contributed by atoms with Gasteiger partial charge in [0.2, 0.25) is 0 Å². The number of nitrogens with zero attached hydrogens (tertiary/aromatic N) is 2. The van der Waals surface area contributed by atoms with Gasteiger partial charge < -0.3 is 10.1 Å². The van der Waals surface area contributed by atoms with Gasteiger partial charge >= 0.3 is 11.9 Å². The number of aromatic nitrogens is 1. The van der Waals surface area contributed by atoms with Gasteiger partial charge in [-0.2, -0.15) is 13.2 Å². The molecule has 9 heteroatoms. The monoisotopic (exact) mass is 291 g/mol. The molecule has 2 heterocycles. The summed E-state index contributed by atoms with van der Waals surface area (Å²) in [6, 6.07) is 0.654. The third-order valence-corrected chi connectivity index (χ3v) is 3.03. The summed E-state index contributed by atoms with van der Waals surface area (Å²) in [5.41, 5.74) is -2.50. The predicted octanol–water partition coefficient (Wildman–Crippen LogP) is 2.60. The fraction of sp³-hybridized carbons (Fsp3) is 0.545. The Morgan fingerprint density at radius 2 is 2.25 bits per heavy atom. The highest BCUT2D eigenvalue weighted by atomic mass is 19.4. The summed E-state index contributed by atoms with van der Waals surface area (Å²) >= 11 is 0. The fourth-order valence-corrected chi connectivity index (χ4v) is 1.94. The smallest absolute Gasteiger partial charge is 0.379 e. The van der Waals surface area contributed by atoms with E-state index in [1.807, 2.05) is 0 Å². The van der Waals surface area contributed by atoms with Gasteiger partial charge in [0.15, 0.2) is 0 Å². The van der Waals surface area contributed by atoms with E-state index in [0.717, 1.165) is 0 Å². The Kier molecular flexibility index (Phi) is 3.55. The van der Waals surface area contributed by atoms with E-state index in [1.165, 1.54) is 0 Å². The van der Waals surface area contributed by atoms with Crippen molar-refractivity contribution in [3.8, 4) is 0 Å². The quantitative estimate of drug-likeness (QED) is 0.684. The van der Waals surface area contributed by atoms with Gasteiger partial charge in [-0.25, -0.2) is 4.98 Å². The molecule has 0 aliphatic carbocycles. The van der Waals surface area contributed by atoms with Gasteiger partial charge in [-0.05, 0) is 19.4 Å². The predicted molar refractivity (Wildman–Crippen MR) is 63.4 cm³/mol. The molecular formula is C11H12F3N3O3. The molecule has 2 rings (SSSR count). The summed E-state index contributed by atoms with van der Waals surface area (Å²) in [6.45, 7) is 2.46. The molecule has 1 aromatic rings. The zero-order valence-electron chi connectivity index (χ0n) is 10.5. The van der Waals surface area contributed by atoms with Crippen molar-refractivity contribution in [1.82, 2.24) is 4.98 Å². The number of ether oxygens (including phenoxy) is 1. The molecule has 0 amide bonds. The molecular weight excluding hydrogens is 279 g/mol. The summed E-state index contributed by atoms with van der Waals surface area (Å²) in [6.07, 6.45) is -3.49. The number of hydrogen-bond acceptors (Lipinski definition) is 5. The van der Waals surface area contributed by atoms with Crippen LogP contribution in [0.15, 0.2) is 12.3 Å². The Labute approximate surface area is 112 Å². The van der Waals surface area contributed by atoms with Crippen molar-refractivity contribution in [3.63, 3.8) is 0 Å². The first kappa shape index (κ1) is 14.5. The molecule has 0 aromatic carbocycles. The SMILES string of the molecule is CC1(Nc2cc(C(F)(F)F)ncc2[N+](=O)[O-])CCOC1. The number of halogens is 3. The van der Waals surface area contributed by atoms with Crippen LogP contribution in [0.4, 0.5) is 24.5 Å². The standard InChI is InChI=1S/C11H12F3N3O3/c1-10(2-3-20-6-10)16-7-4-9(11(12,13)14)15-5-8(7)17(18)19/h4-5H,2-3,6H2,1H3,(H,15,16). The second-order valence-electron chi connectivity index (χ2n) is 4.83. The summed E-state index contributed by atoms with van der Waals surface area (Å²) in [4.78, 5) is 13.2. The van der Waals surface area contributed by atoms with Crippen LogP contribution in [0.2, 0.25) is 0 Å². The maximum absolute atomic E-state index is 12.6. The Morgan fingerprint density at radius 3 is 2.75 bits per heavy atom. The lowest BCUT2D eigenvalue weighted by atomic mass is 10.0. The van der Waals surface area contributed by atoms with E-state index in [-0.39, 0.29) is 12.3 Å². The minimum absolute atomic E-state index is 0.203. The van der Waals surface area contributed by atoms with E-state index in [0.29, 0.717) is 25.3 Å². The Morgan fingerprint density at radius 1 is 1.55 bits per heavy atom. The van der Waals surface area contributed by atoms with E-state index in [1.54, 1.807) is 6.92 Å². The van der Waals surface area contributed by atoms with Gasteiger partial charge in [-0.1, -0.05) is 0 Å². The zero-order chi connectivity index (χ0) is 15.0. The molecule has 1 aliphatic rings. The van der Waals surface area contributed by atoms with E-state index in [4.69, 9.17) is 4.74 Å². The zero-order valence-corrected chi connectivity index (χ0v) is 10.5. The van der Waals surface area contributed by atoms with Gasteiger partial charge in [0.25, 0.3) is 0 Å². The van der Waals surface area contributed by atoms with Gasteiger partial charge in [0, 0.05) is 6.61 Å². The van der Waals surface area contributed by atoms with Crippen LogP contribution in [0.3, 0.4) is 0 Å². The largest absolute Gasteiger partial charge is 0.433 e. The van der Waals surface area contributed by atoms with Crippen molar-refractivity contribution in [3.05, 3.63) is 28.1 Å². The molecule has 1 atom stereocenters. The summed E-state index contributed by atoms with van der Waals surface area (Å²) in [5, 5.41) is 13.6. The molecule has 1 aliphatic heterocycles. The number of nitrogens with one attached hydrogen (secondary N) is 1. The topological polar surface area (TPSA) is 77.3 Å².